The van der Waals surface area contributed by atoms with Crippen molar-refractivity contribution < 1.29 is 27.5 Å². The Hall–Kier alpha value is -4.83. The van der Waals surface area contributed by atoms with E-state index in [1.807, 2.05) is 68.4 Å². The van der Waals surface area contributed by atoms with E-state index in [1.54, 1.807) is 29.2 Å². The van der Waals surface area contributed by atoms with Crippen LogP contribution in [0, 0.1) is 13.8 Å². The Morgan fingerprint density at radius 3 is 2.12 bits per heavy atom. The number of sulfonamides is 1. The van der Waals surface area contributed by atoms with E-state index < -0.39 is 28.5 Å². The van der Waals surface area contributed by atoms with Gasteiger partial charge in [-0.1, -0.05) is 97.1 Å². The van der Waals surface area contributed by atoms with Crippen LogP contribution in [0.3, 0.4) is 0 Å². The maximum atomic E-state index is 14.8. The molecule has 264 valence electrons. The van der Waals surface area contributed by atoms with E-state index in [4.69, 9.17) is 9.47 Å². The average Bonchev–Trinajstić information content (AvgIpc) is 3.12. The summed E-state index contributed by atoms with van der Waals surface area (Å²) in [6.45, 7) is 3.47. The summed E-state index contributed by atoms with van der Waals surface area (Å²) in [6.07, 6.45) is 5.27. The van der Waals surface area contributed by atoms with Crippen LogP contribution in [-0.2, 0) is 32.6 Å². The maximum absolute atomic E-state index is 14.8. The number of aryl methyl sites for hydroxylation is 2. The van der Waals surface area contributed by atoms with Crippen LogP contribution in [0.25, 0.3) is 0 Å². The lowest BCUT2D eigenvalue weighted by molar-refractivity contribution is -0.140. The summed E-state index contributed by atoms with van der Waals surface area (Å²) >= 11 is 0. The highest BCUT2D eigenvalue weighted by Crippen LogP contribution is 2.33. The van der Waals surface area contributed by atoms with Crippen molar-refractivity contribution in [1.29, 1.82) is 0 Å². The average molecular weight is 698 g/mol. The Morgan fingerprint density at radius 1 is 0.780 bits per heavy atom. The lowest BCUT2D eigenvalue weighted by atomic mass is 9.94. The lowest BCUT2D eigenvalue weighted by Gasteiger charge is -2.35. The molecule has 50 heavy (non-hydrogen) atoms. The van der Waals surface area contributed by atoms with Crippen molar-refractivity contribution in [2.45, 2.75) is 75.9 Å². The second-order valence-electron chi connectivity index (χ2n) is 12.9. The van der Waals surface area contributed by atoms with Crippen molar-refractivity contribution in [1.82, 2.24) is 10.2 Å². The Morgan fingerprint density at radius 2 is 1.46 bits per heavy atom. The number of methoxy groups -OCH3 is 2. The second kappa shape index (κ2) is 16.7. The molecular formula is C40H47N3O6S. The zero-order chi connectivity index (χ0) is 35.7. The highest BCUT2D eigenvalue weighted by atomic mass is 32.2. The van der Waals surface area contributed by atoms with Crippen LogP contribution in [0.15, 0.2) is 102 Å². The van der Waals surface area contributed by atoms with Gasteiger partial charge in [0.05, 0.1) is 24.8 Å². The summed E-state index contributed by atoms with van der Waals surface area (Å²) in [7, 11) is -1.40. The van der Waals surface area contributed by atoms with Gasteiger partial charge in [0, 0.05) is 25.1 Å². The van der Waals surface area contributed by atoms with Crippen molar-refractivity contribution in [3.63, 3.8) is 0 Å². The zero-order valence-electron chi connectivity index (χ0n) is 29.3. The molecule has 0 aromatic heterocycles. The van der Waals surface area contributed by atoms with Gasteiger partial charge in [0.25, 0.3) is 10.0 Å². The van der Waals surface area contributed by atoms with Crippen molar-refractivity contribution in [3.8, 4) is 11.5 Å². The summed E-state index contributed by atoms with van der Waals surface area (Å²) in [5.41, 5.74) is 4.00. The first-order valence-corrected chi connectivity index (χ1v) is 18.5. The minimum atomic E-state index is -4.31. The van der Waals surface area contributed by atoms with Gasteiger partial charge in [-0.2, -0.15) is 0 Å². The fourth-order valence-electron chi connectivity index (χ4n) is 6.45. The Kier molecular flexibility index (Phi) is 12.2. The highest BCUT2D eigenvalue weighted by Gasteiger charge is 2.35. The van der Waals surface area contributed by atoms with Crippen LogP contribution in [0.5, 0.6) is 11.5 Å². The van der Waals surface area contributed by atoms with E-state index in [1.165, 1.54) is 32.4 Å². The van der Waals surface area contributed by atoms with Crippen LogP contribution in [0.4, 0.5) is 5.69 Å². The zero-order valence-corrected chi connectivity index (χ0v) is 30.1. The summed E-state index contributed by atoms with van der Waals surface area (Å²) in [6, 6.07) is 27.9. The number of benzene rings is 4. The third-order valence-corrected chi connectivity index (χ3v) is 11.0. The maximum Gasteiger partial charge on any atom is 0.264 e. The number of anilines is 1. The molecule has 0 unspecified atom stereocenters. The van der Waals surface area contributed by atoms with E-state index in [0.29, 0.717) is 11.4 Å². The van der Waals surface area contributed by atoms with Crippen molar-refractivity contribution >= 4 is 27.5 Å². The molecule has 10 heteroatoms. The number of amides is 2. The third kappa shape index (κ3) is 9.04. The van der Waals surface area contributed by atoms with Crippen LogP contribution >= 0.6 is 0 Å². The Balaban J connectivity index is 1.58. The van der Waals surface area contributed by atoms with Crippen LogP contribution in [-0.4, -0.2) is 58.0 Å². The predicted molar refractivity (Wildman–Crippen MR) is 196 cm³/mol. The number of carbonyl (C=O) groups is 2. The number of ether oxygens (including phenoxy) is 2. The van der Waals surface area contributed by atoms with Crippen LogP contribution in [0.1, 0.15) is 54.4 Å². The number of nitrogens with zero attached hydrogens (tertiary/aromatic N) is 2. The van der Waals surface area contributed by atoms with E-state index in [-0.39, 0.29) is 35.6 Å². The van der Waals surface area contributed by atoms with E-state index >= 15 is 0 Å². The van der Waals surface area contributed by atoms with E-state index in [0.717, 1.165) is 58.7 Å². The quantitative estimate of drug-likeness (QED) is 0.159. The van der Waals surface area contributed by atoms with Crippen molar-refractivity contribution in [2.24, 2.45) is 0 Å². The molecule has 0 radical (unpaired) electrons. The summed E-state index contributed by atoms with van der Waals surface area (Å²) in [5, 5.41) is 3.25. The third-order valence-electron chi connectivity index (χ3n) is 9.20. The number of hydrogen-bond donors (Lipinski definition) is 1. The minimum absolute atomic E-state index is 0.0277. The van der Waals surface area contributed by atoms with Crippen LogP contribution < -0.4 is 19.1 Å². The normalized spacial score (nSPS) is 14.0. The molecule has 1 atom stereocenters. The fourth-order valence-corrected chi connectivity index (χ4v) is 7.88. The summed E-state index contributed by atoms with van der Waals surface area (Å²) < 4.78 is 40.8. The van der Waals surface area contributed by atoms with E-state index in [2.05, 4.69) is 5.32 Å². The molecule has 5 rings (SSSR count). The van der Waals surface area contributed by atoms with Gasteiger partial charge in [0.15, 0.2) is 11.5 Å². The molecule has 1 aliphatic carbocycles. The standard InChI is InChI=1S/C40H47N3O6S/c1-29-18-20-34(21-19-29)43(50(46,47)35-22-23-37(48-3)38(26-35)49-4)28-39(44)42(27-32-15-11-12-30(2)24-32)36(25-31-13-7-5-8-14-31)40(45)41-33-16-9-6-10-17-33/h5,7-8,11-15,18-24,26,33,36H,6,9-10,16-17,25,27-28H2,1-4H3,(H,41,45)/t36-/m1/s1. The van der Waals surface area contributed by atoms with Gasteiger partial charge in [-0.15, -0.1) is 0 Å². The molecule has 1 N–H and O–H groups in total. The number of hydrogen-bond acceptors (Lipinski definition) is 6. The van der Waals surface area contributed by atoms with Crippen molar-refractivity contribution in [3.05, 3.63) is 119 Å². The molecule has 0 aliphatic heterocycles. The molecular weight excluding hydrogens is 651 g/mol. The van der Waals surface area contributed by atoms with Gasteiger partial charge in [0.2, 0.25) is 11.8 Å². The molecule has 0 spiro atoms. The number of rotatable bonds is 14. The largest absolute Gasteiger partial charge is 0.493 e. The van der Waals surface area contributed by atoms with Gasteiger partial charge in [0.1, 0.15) is 12.6 Å². The van der Waals surface area contributed by atoms with Gasteiger partial charge < -0.3 is 19.7 Å². The fraction of sp³-hybridized carbons (Fsp3) is 0.350. The molecule has 0 bridgehead atoms. The monoisotopic (exact) mass is 697 g/mol. The molecule has 2 amide bonds. The Labute approximate surface area is 296 Å². The minimum Gasteiger partial charge on any atom is -0.493 e. The molecule has 0 saturated heterocycles. The van der Waals surface area contributed by atoms with Gasteiger partial charge in [-0.25, -0.2) is 8.42 Å². The van der Waals surface area contributed by atoms with Gasteiger partial charge >= 0.3 is 0 Å². The topological polar surface area (TPSA) is 105 Å². The molecule has 4 aromatic rings. The lowest BCUT2D eigenvalue weighted by Crippen LogP contribution is -2.55. The SMILES string of the molecule is COc1ccc(S(=O)(=O)N(CC(=O)N(Cc2cccc(C)c2)[C@H](Cc2ccccc2)C(=O)NC2CCCCC2)c2ccc(C)cc2)cc1OC. The number of nitrogens with one attached hydrogen (secondary N) is 1. The van der Waals surface area contributed by atoms with Gasteiger partial charge in [-0.3, -0.25) is 13.9 Å². The highest BCUT2D eigenvalue weighted by molar-refractivity contribution is 7.92. The summed E-state index contributed by atoms with van der Waals surface area (Å²) in [4.78, 5) is 30.6. The first-order valence-electron chi connectivity index (χ1n) is 17.1. The molecule has 1 fully saturated rings. The van der Waals surface area contributed by atoms with Crippen LogP contribution in [0.2, 0.25) is 0 Å². The summed E-state index contributed by atoms with van der Waals surface area (Å²) in [5.74, 6) is -0.129. The first kappa shape index (κ1) is 36.5. The first-order chi connectivity index (χ1) is 24.1. The molecule has 0 heterocycles. The smallest absolute Gasteiger partial charge is 0.264 e. The van der Waals surface area contributed by atoms with Crippen molar-refractivity contribution in [2.75, 3.05) is 25.1 Å². The Bertz CT molecular complexity index is 1860. The molecule has 9 nitrogen and oxygen atoms in total. The van der Waals surface area contributed by atoms with Gasteiger partial charge in [-0.05, 0) is 62.1 Å². The van der Waals surface area contributed by atoms with E-state index in [9.17, 15) is 18.0 Å². The molecule has 1 saturated carbocycles. The predicted octanol–water partition coefficient (Wildman–Crippen LogP) is 6.60. The number of carbonyl (C=O) groups excluding carboxylic acids is 2. The molecule has 1 aliphatic rings. The molecule has 4 aromatic carbocycles. The second-order valence-corrected chi connectivity index (χ2v) is 14.8.